The van der Waals surface area contributed by atoms with Crippen LogP contribution in [0.4, 0.5) is 0 Å². The number of aryl methyl sites for hydroxylation is 2. The van der Waals surface area contributed by atoms with Crippen LogP contribution < -0.4 is 5.32 Å². The SMILES string of the molecule is CCc1ccc(C(=O)N2CCC(C(=O)N3CCNCC3c3nccn3C)CC2)o1.Cl. The summed E-state index contributed by atoms with van der Waals surface area (Å²) in [6.07, 6.45) is 5.82. The van der Waals surface area contributed by atoms with Crippen LogP contribution in [0.25, 0.3) is 0 Å². The van der Waals surface area contributed by atoms with Gasteiger partial charge in [0.1, 0.15) is 17.6 Å². The van der Waals surface area contributed by atoms with E-state index >= 15 is 0 Å². The average Bonchev–Trinajstić information content (AvgIpc) is 3.42. The van der Waals surface area contributed by atoms with Crippen molar-refractivity contribution >= 4 is 24.2 Å². The Morgan fingerprint density at radius 3 is 2.63 bits per heavy atom. The van der Waals surface area contributed by atoms with Crippen LogP contribution in [0.2, 0.25) is 0 Å². The van der Waals surface area contributed by atoms with Gasteiger partial charge in [0.05, 0.1) is 0 Å². The van der Waals surface area contributed by atoms with Gasteiger partial charge in [0, 0.05) is 64.5 Å². The van der Waals surface area contributed by atoms with E-state index in [4.69, 9.17) is 4.42 Å². The molecule has 30 heavy (non-hydrogen) atoms. The number of rotatable bonds is 4. The fourth-order valence-electron chi connectivity index (χ4n) is 4.30. The van der Waals surface area contributed by atoms with E-state index in [1.807, 2.05) is 35.7 Å². The van der Waals surface area contributed by atoms with Gasteiger partial charge in [0.2, 0.25) is 5.91 Å². The number of nitrogens with one attached hydrogen (secondary N) is 1. The number of imidazole rings is 1. The minimum Gasteiger partial charge on any atom is -0.456 e. The average molecular weight is 436 g/mol. The van der Waals surface area contributed by atoms with Crippen molar-refractivity contribution in [2.45, 2.75) is 32.2 Å². The van der Waals surface area contributed by atoms with Crippen LogP contribution >= 0.6 is 12.4 Å². The molecule has 2 aliphatic rings. The number of likely N-dealkylation sites (tertiary alicyclic amines) is 1. The van der Waals surface area contributed by atoms with Crippen LogP contribution in [-0.4, -0.2) is 63.9 Å². The summed E-state index contributed by atoms with van der Waals surface area (Å²) >= 11 is 0. The fourth-order valence-corrected chi connectivity index (χ4v) is 4.30. The van der Waals surface area contributed by atoms with E-state index in [0.717, 1.165) is 24.6 Å². The summed E-state index contributed by atoms with van der Waals surface area (Å²) in [4.78, 5) is 34.2. The molecular weight excluding hydrogens is 406 g/mol. The van der Waals surface area contributed by atoms with Crippen molar-refractivity contribution in [3.05, 3.63) is 41.9 Å². The molecule has 2 fully saturated rings. The first kappa shape index (κ1) is 22.4. The molecule has 2 aromatic rings. The lowest BCUT2D eigenvalue weighted by molar-refractivity contribution is -0.140. The van der Waals surface area contributed by atoms with Gasteiger partial charge in [-0.3, -0.25) is 9.59 Å². The summed E-state index contributed by atoms with van der Waals surface area (Å²) in [5, 5.41) is 3.37. The van der Waals surface area contributed by atoms with Crippen molar-refractivity contribution in [3.63, 3.8) is 0 Å². The number of carbonyl (C=O) groups is 2. The molecule has 0 aromatic carbocycles. The smallest absolute Gasteiger partial charge is 0.289 e. The molecule has 2 saturated heterocycles. The maximum atomic E-state index is 13.3. The van der Waals surface area contributed by atoms with Crippen molar-refractivity contribution in [2.75, 3.05) is 32.7 Å². The van der Waals surface area contributed by atoms with Crippen molar-refractivity contribution < 1.29 is 14.0 Å². The molecule has 0 bridgehead atoms. The second kappa shape index (κ2) is 9.66. The Hall–Kier alpha value is -2.32. The first-order valence-corrected chi connectivity index (χ1v) is 10.4. The molecule has 1 N–H and O–H groups in total. The standard InChI is InChI=1S/C21H29N5O3.ClH/c1-3-16-4-5-18(29-16)21(28)25-10-6-15(7-11-25)20(27)26-13-8-22-14-17(26)19-23-9-12-24(19)2;/h4-5,9,12,15,17,22H,3,6-8,10-11,13-14H2,1-2H3;1H. The van der Waals surface area contributed by atoms with Crippen LogP contribution in [0.15, 0.2) is 28.9 Å². The van der Waals surface area contributed by atoms with Crippen molar-refractivity contribution in [2.24, 2.45) is 13.0 Å². The van der Waals surface area contributed by atoms with E-state index in [1.54, 1.807) is 17.2 Å². The number of hydrogen-bond acceptors (Lipinski definition) is 5. The van der Waals surface area contributed by atoms with E-state index in [-0.39, 0.29) is 36.2 Å². The van der Waals surface area contributed by atoms with Gasteiger partial charge in [-0.15, -0.1) is 12.4 Å². The molecule has 0 spiro atoms. The highest BCUT2D eigenvalue weighted by molar-refractivity contribution is 5.91. The summed E-state index contributed by atoms with van der Waals surface area (Å²) in [6, 6.07) is 3.55. The second-order valence-electron chi connectivity index (χ2n) is 7.83. The lowest BCUT2D eigenvalue weighted by atomic mass is 9.94. The third-order valence-corrected chi connectivity index (χ3v) is 6.04. The van der Waals surface area contributed by atoms with Crippen LogP contribution in [0, 0.1) is 5.92 Å². The van der Waals surface area contributed by atoms with Gasteiger partial charge in [-0.25, -0.2) is 4.98 Å². The fraction of sp³-hybridized carbons (Fsp3) is 0.571. The van der Waals surface area contributed by atoms with Gasteiger partial charge in [-0.1, -0.05) is 6.92 Å². The monoisotopic (exact) mass is 435 g/mol. The number of carbonyl (C=O) groups excluding carboxylic acids is 2. The van der Waals surface area contributed by atoms with E-state index in [9.17, 15) is 9.59 Å². The number of piperazine rings is 1. The van der Waals surface area contributed by atoms with Crippen LogP contribution in [0.3, 0.4) is 0 Å². The molecule has 0 radical (unpaired) electrons. The maximum Gasteiger partial charge on any atom is 0.289 e. The molecule has 2 amide bonds. The van der Waals surface area contributed by atoms with Gasteiger partial charge < -0.3 is 24.1 Å². The zero-order valence-electron chi connectivity index (χ0n) is 17.5. The summed E-state index contributed by atoms with van der Waals surface area (Å²) < 4.78 is 7.58. The van der Waals surface area contributed by atoms with Crippen molar-refractivity contribution in [3.8, 4) is 0 Å². The number of aromatic nitrogens is 2. The van der Waals surface area contributed by atoms with Crippen molar-refractivity contribution in [1.82, 2.24) is 24.7 Å². The third kappa shape index (κ3) is 4.39. The topological polar surface area (TPSA) is 83.6 Å². The van der Waals surface area contributed by atoms with Crippen LogP contribution in [-0.2, 0) is 18.3 Å². The van der Waals surface area contributed by atoms with Gasteiger partial charge in [0.15, 0.2) is 5.76 Å². The lowest BCUT2D eigenvalue weighted by Crippen LogP contribution is -2.52. The lowest BCUT2D eigenvalue weighted by Gasteiger charge is -2.39. The van der Waals surface area contributed by atoms with Gasteiger partial charge in [-0.2, -0.15) is 0 Å². The van der Waals surface area contributed by atoms with E-state index in [0.29, 0.717) is 44.8 Å². The van der Waals surface area contributed by atoms with E-state index in [1.165, 1.54) is 0 Å². The highest BCUT2D eigenvalue weighted by Crippen LogP contribution is 2.27. The second-order valence-corrected chi connectivity index (χ2v) is 7.83. The number of hydrogen-bond donors (Lipinski definition) is 1. The first-order valence-electron chi connectivity index (χ1n) is 10.4. The Balaban J connectivity index is 0.00000256. The Labute approximate surface area is 183 Å². The largest absolute Gasteiger partial charge is 0.456 e. The summed E-state index contributed by atoms with van der Waals surface area (Å²) in [5.41, 5.74) is 0. The summed E-state index contributed by atoms with van der Waals surface area (Å²) in [7, 11) is 1.96. The highest BCUT2D eigenvalue weighted by atomic mass is 35.5. The number of halogens is 1. The predicted molar refractivity (Wildman–Crippen MR) is 114 cm³/mol. The predicted octanol–water partition coefficient (Wildman–Crippen LogP) is 2.02. The zero-order chi connectivity index (χ0) is 20.4. The Bertz CT molecular complexity index is 872. The van der Waals surface area contributed by atoms with Gasteiger partial charge in [-0.05, 0) is 25.0 Å². The number of furan rings is 1. The number of amides is 2. The molecule has 8 nitrogen and oxygen atoms in total. The molecule has 2 aromatic heterocycles. The van der Waals surface area contributed by atoms with Gasteiger partial charge >= 0.3 is 0 Å². The highest BCUT2D eigenvalue weighted by Gasteiger charge is 2.36. The summed E-state index contributed by atoms with van der Waals surface area (Å²) in [6.45, 7) is 5.35. The zero-order valence-corrected chi connectivity index (χ0v) is 18.4. The quantitative estimate of drug-likeness (QED) is 0.794. The molecule has 1 unspecified atom stereocenters. The Kier molecular flexibility index (Phi) is 7.20. The molecule has 0 saturated carbocycles. The molecular formula is C21H30ClN5O3. The minimum absolute atomic E-state index is 0. The molecule has 9 heteroatoms. The van der Waals surface area contributed by atoms with Gasteiger partial charge in [0.25, 0.3) is 5.91 Å². The van der Waals surface area contributed by atoms with Crippen molar-refractivity contribution in [1.29, 1.82) is 0 Å². The molecule has 164 valence electrons. The normalized spacial score (nSPS) is 20.1. The molecule has 0 aliphatic carbocycles. The number of piperidine rings is 1. The van der Waals surface area contributed by atoms with E-state index < -0.39 is 0 Å². The first-order chi connectivity index (χ1) is 14.1. The minimum atomic E-state index is -0.0799. The Morgan fingerprint density at radius 2 is 2.00 bits per heavy atom. The Morgan fingerprint density at radius 1 is 1.23 bits per heavy atom. The summed E-state index contributed by atoms with van der Waals surface area (Å²) in [5.74, 6) is 2.16. The third-order valence-electron chi connectivity index (χ3n) is 6.04. The molecule has 4 heterocycles. The maximum absolute atomic E-state index is 13.3. The molecule has 2 aliphatic heterocycles. The van der Waals surface area contributed by atoms with Crippen LogP contribution in [0.1, 0.15) is 47.9 Å². The van der Waals surface area contributed by atoms with Crippen LogP contribution in [0.5, 0.6) is 0 Å². The van der Waals surface area contributed by atoms with E-state index in [2.05, 4.69) is 10.3 Å². The molecule has 1 atom stereocenters. The molecule has 4 rings (SSSR count). The number of nitrogens with zero attached hydrogens (tertiary/aromatic N) is 4.